The Kier molecular flexibility index (Phi) is 7.17. The molecule has 8 heteroatoms. The minimum absolute atomic E-state index is 0.0663. The standard InChI is InChI=1S/C27H23ClN2O5/c1-16(21-8-5-6-10-23(21)28)34-27(33)29-25-17(2)35-30-26(25)19-13-11-18(12-14-19)22-9-4-3-7-20(22)15-24(31)32/h3-14,16H,15H2,1-2H3,(H,29,33)(H,31,32). The lowest BCUT2D eigenvalue weighted by atomic mass is 9.96. The summed E-state index contributed by atoms with van der Waals surface area (Å²) >= 11 is 6.20. The average Bonchev–Trinajstić information content (AvgIpc) is 3.19. The number of carboxylic acids is 1. The van der Waals surface area contributed by atoms with Gasteiger partial charge in [0.05, 0.1) is 6.42 Å². The zero-order valence-electron chi connectivity index (χ0n) is 19.1. The molecule has 0 saturated carbocycles. The molecule has 35 heavy (non-hydrogen) atoms. The highest BCUT2D eigenvalue weighted by atomic mass is 35.5. The molecule has 0 saturated heterocycles. The molecule has 0 fully saturated rings. The Morgan fingerprint density at radius 3 is 2.40 bits per heavy atom. The highest BCUT2D eigenvalue weighted by Gasteiger charge is 2.20. The molecule has 0 spiro atoms. The second kappa shape index (κ2) is 10.4. The molecular formula is C27H23ClN2O5. The number of carboxylic acid groups (broad SMARTS) is 1. The van der Waals surface area contributed by atoms with E-state index in [1.54, 1.807) is 38.1 Å². The van der Waals surface area contributed by atoms with Crippen LogP contribution in [0.4, 0.5) is 10.5 Å². The Bertz CT molecular complexity index is 1360. The first-order chi connectivity index (χ1) is 16.8. The summed E-state index contributed by atoms with van der Waals surface area (Å²) < 4.78 is 10.8. The fraction of sp³-hybridized carbons (Fsp3) is 0.148. The number of aryl methyl sites for hydroxylation is 1. The Hall–Kier alpha value is -4.10. The molecule has 1 atom stereocenters. The molecule has 1 unspecified atom stereocenters. The molecule has 1 heterocycles. The van der Waals surface area contributed by atoms with E-state index >= 15 is 0 Å². The van der Waals surface area contributed by atoms with Crippen molar-refractivity contribution in [3.05, 3.63) is 94.7 Å². The third-order valence-corrected chi connectivity index (χ3v) is 5.89. The van der Waals surface area contributed by atoms with Crippen molar-refractivity contribution in [3.8, 4) is 22.4 Å². The first kappa shape index (κ1) is 24.0. The molecule has 0 radical (unpaired) electrons. The number of nitrogens with zero attached hydrogens (tertiary/aromatic N) is 1. The lowest BCUT2D eigenvalue weighted by molar-refractivity contribution is -0.136. The first-order valence-corrected chi connectivity index (χ1v) is 11.3. The van der Waals surface area contributed by atoms with Gasteiger partial charge in [-0.15, -0.1) is 0 Å². The van der Waals surface area contributed by atoms with Gasteiger partial charge in [-0.1, -0.05) is 83.5 Å². The van der Waals surface area contributed by atoms with Gasteiger partial charge in [0.15, 0.2) is 5.76 Å². The number of nitrogens with one attached hydrogen (secondary N) is 1. The molecule has 4 aromatic rings. The smallest absolute Gasteiger partial charge is 0.412 e. The van der Waals surface area contributed by atoms with Crippen LogP contribution in [0.2, 0.25) is 5.02 Å². The van der Waals surface area contributed by atoms with E-state index < -0.39 is 18.2 Å². The van der Waals surface area contributed by atoms with Crippen LogP contribution in [-0.2, 0) is 16.0 Å². The van der Waals surface area contributed by atoms with Gasteiger partial charge in [-0.25, -0.2) is 4.79 Å². The summed E-state index contributed by atoms with van der Waals surface area (Å²) in [6.45, 7) is 3.43. The number of aromatic nitrogens is 1. The summed E-state index contributed by atoms with van der Waals surface area (Å²) in [5.41, 5.74) is 4.71. The van der Waals surface area contributed by atoms with Crippen molar-refractivity contribution in [2.24, 2.45) is 0 Å². The van der Waals surface area contributed by atoms with Gasteiger partial charge in [0.25, 0.3) is 0 Å². The summed E-state index contributed by atoms with van der Waals surface area (Å²) in [6.07, 6.45) is -1.29. The van der Waals surface area contributed by atoms with Gasteiger partial charge in [0.2, 0.25) is 0 Å². The number of rotatable bonds is 7. The van der Waals surface area contributed by atoms with E-state index in [9.17, 15) is 14.7 Å². The maximum Gasteiger partial charge on any atom is 0.412 e. The van der Waals surface area contributed by atoms with E-state index in [2.05, 4.69) is 10.5 Å². The van der Waals surface area contributed by atoms with Crippen molar-refractivity contribution in [2.75, 3.05) is 5.32 Å². The van der Waals surface area contributed by atoms with E-state index in [1.807, 2.05) is 48.5 Å². The normalized spacial score (nSPS) is 11.6. The average molecular weight is 491 g/mol. The molecule has 3 aromatic carbocycles. The van der Waals surface area contributed by atoms with Crippen LogP contribution in [0.15, 0.2) is 77.3 Å². The number of carbonyl (C=O) groups excluding carboxylic acids is 1. The van der Waals surface area contributed by atoms with Crippen molar-refractivity contribution in [1.29, 1.82) is 0 Å². The van der Waals surface area contributed by atoms with Gasteiger partial charge >= 0.3 is 12.1 Å². The molecule has 1 amide bonds. The van der Waals surface area contributed by atoms with Gasteiger partial charge < -0.3 is 14.4 Å². The summed E-state index contributed by atoms with van der Waals surface area (Å²) in [7, 11) is 0. The zero-order chi connectivity index (χ0) is 24.9. The van der Waals surface area contributed by atoms with Gasteiger partial charge in [-0.3, -0.25) is 10.1 Å². The lowest BCUT2D eigenvalue weighted by Crippen LogP contribution is -2.17. The molecule has 0 aliphatic carbocycles. The van der Waals surface area contributed by atoms with E-state index in [1.165, 1.54) is 0 Å². The third kappa shape index (κ3) is 5.53. The number of carbonyl (C=O) groups is 2. The van der Waals surface area contributed by atoms with Crippen LogP contribution in [0.3, 0.4) is 0 Å². The first-order valence-electron chi connectivity index (χ1n) is 10.9. The molecule has 7 nitrogen and oxygen atoms in total. The van der Waals surface area contributed by atoms with Gasteiger partial charge in [0.1, 0.15) is 17.5 Å². The van der Waals surface area contributed by atoms with Crippen molar-refractivity contribution in [1.82, 2.24) is 5.16 Å². The maximum absolute atomic E-state index is 12.6. The summed E-state index contributed by atoms with van der Waals surface area (Å²) in [4.78, 5) is 23.8. The number of hydrogen-bond acceptors (Lipinski definition) is 5. The third-order valence-electron chi connectivity index (χ3n) is 5.55. The minimum atomic E-state index is -0.890. The number of benzene rings is 3. The number of aliphatic carboxylic acids is 1. The molecule has 1 aromatic heterocycles. The topological polar surface area (TPSA) is 102 Å². The van der Waals surface area contributed by atoms with Crippen LogP contribution < -0.4 is 5.32 Å². The fourth-order valence-electron chi connectivity index (χ4n) is 3.80. The molecule has 0 aliphatic rings. The van der Waals surface area contributed by atoms with Crippen molar-refractivity contribution < 1.29 is 24.0 Å². The fourth-order valence-corrected chi connectivity index (χ4v) is 4.09. The van der Waals surface area contributed by atoms with E-state index in [0.717, 1.165) is 22.3 Å². The SMILES string of the molecule is Cc1onc(-c2ccc(-c3ccccc3CC(=O)O)cc2)c1NC(=O)OC(C)c1ccccc1Cl. The predicted molar refractivity (Wildman–Crippen MR) is 133 cm³/mol. The Morgan fingerprint density at radius 2 is 1.69 bits per heavy atom. The van der Waals surface area contributed by atoms with Gasteiger partial charge in [-0.2, -0.15) is 0 Å². The van der Waals surface area contributed by atoms with Gasteiger partial charge in [0, 0.05) is 16.1 Å². The predicted octanol–water partition coefficient (Wildman–Crippen LogP) is 6.91. The molecule has 0 bridgehead atoms. The number of anilines is 1. The molecular weight excluding hydrogens is 468 g/mol. The van der Waals surface area contributed by atoms with Crippen molar-refractivity contribution in [3.63, 3.8) is 0 Å². The summed E-state index contributed by atoms with van der Waals surface area (Å²) in [6, 6.07) is 22.0. The second-order valence-corrected chi connectivity index (χ2v) is 8.37. The van der Waals surface area contributed by atoms with Crippen LogP contribution in [-0.4, -0.2) is 22.3 Å². The van der Waals surface area contributed by atoms with E-state index in [-0.39, 0.29) is 6.42 Å². The number of halogens is 1. The Morgan fingerprint density at radius 1 is 1.03 bits per heavy atom. The minimum Gasteiger partial charge on any atom is -0.481 e. The largest absolute Gasteiger partial charge is 0.481 e. The quantitative estimate of drug-likeness (QED) is 0.292. The zero-order valence-corrected chi connectivity index (χ0v) is 19.9. The van der Waals surface area contributed by atoms with E-state index in [4.69, 9.17) is 20.9 Å². The van der Waals surface area contributed by atoms with Gasteiger partial charge in [-0.05, 0) is 36.6 Å². The molecule has 2 N–H and O–H groups in total. The second-order valence-electron chi connectivity index (χ2n) is 7.96. The maximum atomic E-state index is 12.6. The van der Waals surface area contributed by atoms with Crippen LogP contribution >= 0.6 is 11.6 Å². The summed E-state index contributed by atoms with van der Waals surface area (Å²) in [5.74, 6) is -0.461. The van der Waals surface area contributed by atoms with Crippen molar-refractivity contribution >= 4 is 29.4 Å². The summed E-state index contributed by atoms with van der Waals surface area (Å²) in [5, 5.41) is 16.5. The van der Waals surface area contributed by atoms with Crippen molar-refractivity contribution in [2.45, 2.75) is 26.4 Å². The van der Waals surface area contributed by atoms with Crippen LogP contribution in [0.25, 0.3) is 22.4 Å². The molecule has 178 valence electrons. The van der Waals surface area contributed by atoms with Crippen LogP contribution in [0, 0.1) is 6.92 Å². The Balaban J connectivity index is 1.53. The number of ether oxygens (including phenoxy) is 1. The molecule has 4 rings (SSSR count). The monoisotopic (exact) mass is 490 g/mol. The number of hydrogen-bond donors (Lipinski definition) is 2. The highest BCUT2D eigenvalue weighted by Crippen LogP contribution is 2.33. The van der Waals surface area contributed by atoms with Crippen LogP contribution in [0.5, 0.6) is 0 Å². The van der Waals surface area contributed by atoms with E-state index in [0.29, 0.717) is 27.7 Å². The Labute approximate surface area is 207 Å². The highest BCUT2D eigenvalue weighted by molar-refractivity contribution is 6.31. The lowest BCUT2D eigenvalue weighted by Gasteiger charge is -2.15. The number of amides is 1. The molecule has 0 aliphatic heterocycles. The van der Waals surface area contributed by atoms with Crippen LogP contribution in [0.1, 0.15) is 29.9 Å².